The number of ether oxygens (including phenoxy) is 1. The van der Waals surface area contributed by atoms with Crippen LogP contribution in [0.1, 0.15) is 48.9 Å². The average Bonchev–Trinajstić information content (AvgIpc) is 2.82. The van der Waals surface area contributed by atoms with Gasteiger partial charge in [0, 0.05) is 6.54 Å². The number of hydrogen-bond donors (Lipinski definition) is 1. The summed E-state index contributed by atoms with van der Waals surface area (Å²) < 4.78 is 6.47. The number of carbonyl (C=O) groups excluding carboxylic acids is 2. The van der Waals surface area contributed by atoms with E-state index in [1.807, 2.05) is 13.0 Å². The molecule has 0 bridgehead atoms. The summed E-state index contributed by atoms with van der Waals surface area (Å²) >= 11 is 0. The van der Waals surface area contributed by atoms with Crippen molar-refractivity contribution in [1.29, 1.82) is 0 Å². The molecule has 1 amide bonds. The quantitative estimate of drug-likeness (QED) is 0.579. The van der Waals surface area contributed by atoms with Gasteiger partial charge in [-0.1, -0.05) is 30.3 Å². The van der Waals surface area contributed by atoms with Crippen molar-refractivity contribution in [2.24, 2.45) is 0 Å². The highest BCUT2D eigenvalue weighted by molar-refractivity contribution is 5.81. The number of benzene rings is 2. The molecular formula is C25H27N3O4. The number of aryl methyl sites for hydroxylation is 3. The zero-order chi connectivity index (χ0) is 22.5. The molecule has 32 heavy (non-hydrogen) atoms. The monoisotopic (exact) mass is 433 g/mol. The summed E-state index contributed by atoms with van der Waals surface area (Å²) in [6.07, 6.45) is 6.04. The van der Waals surface area contributed by atoms with Crippen LogP contribution in [0, 0.1) is 0 Å². The van der Waals surface area contributed by atoms with Crippen LogP contribution in [0.5, 0.6) is 0 Å². The maximum absolute atomic E-state index is 12.5. The predicted molar refractivity (Wildman–Crippen MR) is 121 cm³/mol. The van der Waals surface area contributed by atoms with Crippen molar-refractivity contribution in [2.45, 2.75) is 51.6 Å². The maximum Gasteiger partial charge on any atom is 0.308 e. The van der Waals surface area contributed by atoms with E-state index in [1.165, 1.54) is 34.9 Å². The Hall–Kier alpha value is -3.48. The molecule has 4 rings (SSSR count). The van der Waals surface area contributed by atoms with Crippen LogP contribution in [0.25, 0.3) is 10.9 Å². The van der Waals surface area contributed by atoms with Gasteiger partial charge in [-0.3, -0.25) is 19.0 Å². The fourth-order valence-electron chi connectivity index (χ4n) is 4.08. The van der Waals surface area contributed by atoms with Gasteiger partial charge in [0.2, 0.25) is 0 Å². The van der Waals surface area contributed by atoms with Crippen molar-refractivity contribution >= 4 is 22.8 Å². The molecular weight excluding hydrogens is 406 g/mol. The van der Waals surface area contributed by atoms with Crippen LogP contribution in [-0.4, -0.2) is 28.0 Å². The van der Waals surface area contributed by atoms with Gasteiger partial charge in [-0.2, -0.15) is 0 Å². The fraction of sp³-hybridized carbons (Fsp3) is 0.360. The van der Waals surface area contributed by atoms with Crippen molar-refractivity contribution in [3.05, 3.63) is 75.8 Å². The van der Waals surface area contributed by atoms with E-state index in [0.717, 1.165) is 18.4 Å². The number of carbonyl (C=O) groups is 2. The van der Waals surface area contributed by atoms with Crippen LogP contribution >= 0.6 is 0 Å². The minimum atomic E-state index is -0.540. The van der Waals surface area contributed by atoms with Gasteiger partial charge < -0.3 is 10.1 Å². The van der Waals surface area contributed by atoms with E-state index in [9.17, 15) is 14.4 Å². The van der Waals surface area contributed by atoms with Gasteiger partial charge in [0.05, 0.1) is 29.7 Å². The molecule has 3 aromatic rings. The minimum absolute atomic E-state index is 0.0203. The van der Waals surface area contributed by atoms with Crippen LogP contribution in [0.3, 0.4) is 0 Å². The third-order valence-electron chi connectivity index (χ3n) is 5.90. The number of aromatic nitrogens is 2. The van der Waals surface area contributed by atoms with Crippen LogP contribution < -0.4 is 10.9 Å². The van der Waals surface area contributed by atoms with Gasteiger partial charge in [-0.25, -0.2) is 4.98 Å². The zero-order valence-electron chi connectivity index (χ0n) is 18.2. The fourth-order valence-corrected chi connectivity index (χ4v) is 4.08. The van der Waals surface area contributed by atoms with E-state index in [2.05, 4.69) is 28.5 Å². The molecule has 1 aromatic heterocycles. The average molecular weight is 434 g/mol. The first-order chi connectivity index (χ1) is 15.5. The molecule has 0 fully saturated rings. The first kappa shape index (κ1) is 21.7. The zero-order valence-corrected chi connectivity index (χ0v) is 18.2. The normalized spacial score (nSPS) is 13.9. The van der Waals surface area contributed by atoms with Crippen LogP contribution in [0.2, 0.25) is 0 Å². The Balaban J connectivity index is 1.25. The molecule has 1 unspecified atom stereocenters. The lowest BCUT2D eigenvalue weighted by Crippen LogP contribution is -2.31. The molecule has 1 heterocycles. The molecule has 1 aliphatic carbocycles. The lowest BCUT2D eigenvalue weighted by atomic mass is 9.89. The minimum Gasteiger partial charge on any atom is -0.456 e. The van der Waals surface area contributed by atoms with E-state index >= 15 is 0 Å². The SMILES string of the molecule is CC(NC(=O)COC(=O)CCn1cnc2ccccc2c1=O)c1ccc2c(c1)CCCC2. The smallest absolute Gasteiger partial charge is 0.308 e. The van der Waals surface area contributed by atoms with Crippen molar-refractivity contribution < 1.29 is 14.3 Å². The van der Waals surface area contributed by atoms with Gasteiger partial charge in [-0.05, 0) is 61.4 Å². The molecule has 166 valence electrons. The number of para-hydroxylation sites is 1. The molecule has 0 aliphatic heterocycles. The maximum atomic E-state index is 12.5. The van der Waals surface area contributed by atoms with Crippen molar-refractivity contribution in [3.8, 4) is 0 Å². The van der Waals surface area contributed by atoms with E-state index in [4.69, 9.17) is 4.74 Å². The van der Waals surface area contributed by atoms with Gasteiger partial charge in [0.1, 0.15) is 0 Å². The second-order valence-corrected chi connectivity index (χ2v) is 8.20. The lowest BCUT2D eigenvalue weighted by molar-refractivity contribution is -0.148. The van der Waals surface area contributed by atoms with Crippen LogP contribution in [-0.2, 0) is 33.7 Å². The second kappa shape index (κ2) is 9.77. The Morgan fingerprint density at radius 3 is 2.75 bits per heavy atom. The topological polar surface area (TPSA) is 90.3 Å². The van der Waals surface area contributed by atoms with Crippen LogP contribution in [0.4, 0.5) is 0 Å². The summed E-state index contributed by atoms with van der Waals surface area (Å²) in [5.41, 5.74) is 4.21. The lowest BCUT2D eigenvalue weighted by Gasteiger charge is -2.20. The van der Waals surface area contributed by atoms with Gasteiger partial charge >= 0.3 is 5.97 Å². The summed E-state index contributed by atoms with van der Waals surface area (Å²) in [5, 5.41) is 3.38. The number of esters is 1. The number of nitrogens with one attached hydrogen (secondary N) is 1. The summed E-state index contributed by atoms with van der Waals surface area (Å²) in [5.74, 6) is -0.894. The summed E-state index contributed by atoms with van der Waals surface area (Å²) in [6.45, 7) is 1.71. The molecule has 7 nitrogen and oxygen atoms in total. The molecule has 1 aliphatic rings. The second-order valence-electron chi connectivity index (χ2n) is 8.20. The number of nitrogens with zero attached hydrogens (tertiary/aromatic N) is 2. The highest BCUT2D eigenvalue weighted by Crippen LogP contribution is 2.24. The Bertz CT molecular complexity index is 1200. The Labute approximate surface area is 186 Å². The van der Waals surface area contributed by atoms with E-state index in [1.54, 1.807) is 18.2 Å². The molecule has 1 N–H and O–H groups in total. The highest BCUT2D eigenvalue weighted by Gasteiger charge is 2.15. The van der Waals surface area contributed by atoms with E-state index < -0.39 is 5.97 Å². The molecule has 7 heteroatoms. The molecule has 2 aromatic carbocycles. The third-order valence-corrected chi connectivity index (χ3v) is 5.90. The number of rotatable bonds is 7. The van der Waals surface area contributed by atoms with E-state index in [-0.39, 0.29) is 37.1 Å². The molecule has 0 spiro atoms. The first-order valence-electron chi connectivity index (χ1n) is 11.0. The molecule has 0 radical (unpaired) electrons. The standard InChI is InChI=1S/C25H27N3O4/c1-17(19-11-10-18-6-2-3-7-20(18)14-19)27-23(29)15-32-24(30)12-13-28-16-26-22-9-5-4-8-21(22)25(28)31/h4-5,8-11,14,16-17H,2-3,6-7,12-13,15H2,1H3,(H,27,29). The van der Waals surface area contributed by atoms with Crippen molar-refractivity contribution in [2.75, 3.05) is 6.61 Å². The number of fused-ring (bicyclic) bond motifs is 2. The Morgan fingerprint density at radius 1 is 1.12 bits per heavy atom. The number of amides is 1. The Kier molecular flexibility index (Phi) is 6.63. The summed E-state index contributed by atoms with van der Waals surface area (Å²) in [6, 6.07) is 13.2. The summed E-state index contributed by atoms with van der Waals surface area (Å²) in [7, 11) is 0. The largest absolute Gasteiger partial charge is 0.456 e. The van der Waals surface area contributed by atoms with Crippen molar-refractivity contribution in [1.82, 2.24) is 14.9 Å². The van der Waals surface area contributed by atoms with Crippen molar-refractivity contribution in [3.63, 3.8) is 0 Å². The van der Waals surface area contributed by atoms with Gasteiger partial charge in [0.15, 0.2) is 6.61 Å². The van der Waals surface area contributed by atoms with Gasteiger partial charge in [0.25, 0.3) is 11.5 Å². The molecule has 1 atom stereocenters. The third kappa shape index (κ3) is 5.04. The Morgan fingerprint density at radius 2 is 1.91 bits per heavy atom. The number of hydrogen-bond acceptors (Lipinski definition) is 5. The van der Waals surface area contributed by atoms with Crippen LogP contribution in [0.15, 0.2) is 53.6 Å². The summed E-state index contributed by atoms with van der Waals surface area (Å²) in [4.78, 5) is 41.0. The molecule has 0 saturated carbocycles. The highest BCUT2D eigenvalue weighted by atomic mass is 16.5. The molecule has 0 saturated heterocycles. The predicted octanol–water partition coefficient (Wildman–Crippen LogP) is 3.09. The van der Waals surface area contributed by atoms with E-state index in [0.29, 0.717) is 10.9 Å². The van der Waals surface area contributed by atoms with Gasteiger partial charge in [-0.15, -0.1) is 0 Å². The first-order valence-corrected chi connectivity index (χ1v) is 11.0.